The maximum Gasteiger partial charge on any atom is 0.239 e. The van der Waals surface area contributed by atoms with Gasteiger partial charge in [0.2, 0.25) is 5.91 Å². The number of amides is 1. The zero-order chi connectivity index (χ0) is 15.6. The van der Waals surface area contributed by atoms with Gasteiger partial charge < -0.3 is 10.6 Å². The molecule has 0 spiro atoms. The minimum absolute atomic E-state index is 0.0117. The Balaban J connectivity index is 2.31. The lowest BCUT2D eigenvalue weighted by atomic mass is 9.96. The molecule has 1 fully saturated rings. The summed E-state index contributed by atoms with van der Waals surface area (Å²) < 4.78 is 0. The van der Waals surface area contributed by atoms with Crippen molar-refractivity contribution >= 4 is 5.91 Å². The van der Waals surface area contributed by atoms with Crippen molar-refractivity contribution in [3.63, 3.8) is 0 Å². The van der Waals surface area contributed by atoms with Crippen LogP contribution in [-0.2, 0) is 4.79 Å². The molecule has 0 aliphatic carbocycles. The van der Waals surface area contributed by atoms with E-state index in [-0.39, 0.29) is 24.0 Å². The molecule has 0 saturated carbocycles. The van der Waals surface area contributed by atoms with Crippen LogP contribution < -0.4 is 5.73 Å². The third-order valence-corrected chi connectivity index (χ3v) is 4.26. The van der Waals surface area contributed by atoms with Crippen LogP contribution in [0.25, 0.3) is 0 Å². The van der Waals surface area contributed by atoms with E-state index in [0.29, 0.717) is 0 Å². The number of likely N-dealkylation sites (N-methyl/N-ethyl adjacent to an activating group) is 1. The highest BCUT2D eigenvalue weighted by atomic mass is 16.2. The van der Waals surface area contributed by atoms with E-state index in [1.165, 1.54) is 11.1 Å². The van der Waals surface area contributed by atoms with Gasteiger partial charge in [-0.05, 0) is 38.8 Å². The van der Waals surface area contributed by atoms with E-state index in [9.17, 15) is 4.79 Å². The number of carbonyl (C=O) groups is 1. The van der Waals surface area contributed by atoms with Gasteiger partial charge in [0.25, 0.3) is 0 Å². The summed E-state index contributed by atoms with van der Waals surface area (Å²) in [4.78, 5) is 16.4. The Morgan fingerprint density at radius 1 is 1.43 bits per heavy atom. The van der Waals surface area contributed by atoms with Crippen molar-refractivity contribution in [3.8, 4) is 0 Å². The van der Waals surface area contributed by atoms with Crippen LogP contribution in [0.2, 0.25) is 0 Å². The summed E-state index contributed by atoms with van der Waals surface area (Å²) >= 11 is 0. The Labute approximate surface area is 127 Å². The lowest BCUT2D eigenvalue weighted by molar-refractivity contribution is -0.134. The van der Waals surface area contributed by atoms with Crippen LogP contribution in [0.1, 0.15) is 36.9 Å². The fourth-order valence-electron chi connectivity index (χ4n) is 3.34. The molecule has 4 heteroatoms. The highest BCUT2D eigenvalue weighted by Crippen LogP contribution is 2.32. The number of nitrogens with zero attached hydrogens (tertiary/aromatic N) is 2. The van der Waals surface area contributed by atoms with Crippen molar-refractivity contribution in [3.05, 3.63) is 35.4 Å². The number of hydrogen-bond donors (Lipinski definition) is 1. The van der Waals surface area contributed by atoms with E-state index in [1.807, 2.05) is 21.0 Å². The van der Waals surface area contributed by atoms with Gasteiger partial charge >= 0.3 is 0 Å². The summed E-state index contributed by atoms with van der Waals surface area (Å²) in [6.45, 7) is 5.06. The monoisotopic (exact) mass is 289 g/mol. The lowest BCUT2D eigenvalue weighted by Gasteiger charge is -2.36. The third kappa shape index (κ3) is 3.44. The Morgan fingerprint density at radius 3 is 2.71 bits per heavy atom. The van der Waals surface area contributed by atoms with Crippen LogP contribution in [0.5, 0.6) is 0 Å². The first-order valence-corrected chi connectivity index (χ1v) is 7.71. The quantitative estimate of drug-likeness (QED) is 0.921. The molecule has 1 aliphatic rings. The van der Waals surface area contributed by atoms with Gasteiger partial charge in [-0.15, -0.1) is 0 Å². The number of hydrogen-bond acceptors (Lipinski definition) is 3. The van der Waals surface area contributed by atoms with Crippen molar-refractivity contribution in [1.29, 1.82) is 0 Å². The first-order chi connectivity index (χ1) is 9.91. The molecule has 0 aromatic heterocycles. The maximum absolute atomic E-state index is 12.4. The smallest absolute Gasteiger partial charge is 0.239 e. The summed E-state index contributed by atoms with van der Waals surface area (Å²) in [5.74, 6) is 0.186. The van der Waals surface area contributed by atoms with Gasteiger partial charge in [0.15, 0.2) is 0 Å². The van der Waals surface area contributed by atoms with Crippen LogP contribution in [0, 0.1) is 6.92 Å². The Kier molecular flexibility index (Phi) is 5.01. The molecule has 116 valence electrons. The first-order valence-electron chi connectivity index (χ1n) is 7.71. The number of benzene rings is 1. The minimum Gasteiger partial charge on any atom is -0.347 e. The molecule has 2 N–H and O–H groups in total. The van der Waals surface area contributed by atoms with Crippen molar-refractivity contribution in [2.24, 2.45) is 5.73 Å². The van der Waals surface area contributed by atoms with Gasteiger partial charge in [-0.3, -0.25) is 9.69 Å². The minimum atomic E-state index is -0.0449. The summed E-state index contributed by atoms with van der Waals surface area (Å²) in [7, 11) is 3.65. The summed E-state index contributed by atoms with van der Waals surface area (Å²) in [5.41, 5.74) is 8.71. The van der Waals surface area contributed by atoms with Crippen molar-refractivity contribution in [2.45, 2.75) is 44.8 Å². The average Bonchev–Trinajstić information content (AvgIpc) is 2.86. The molecule has 21 heavy (non-hydrogen) atoms. The Morgan fingerprint density at radius 2 is 2.14 bits per heavy atom. The van der Waals surface area contributed by atoms with Crippen molar-refractivity contribution in [2.75, 3.05) is 20.6 Å². The molecule has 1 heterocycles. The van der Waals surface area contributed by atoms with E-state index >= 15 is 0 Å². The van der Waals surface area contributed by atoms with E-state index in [2.05, 4.69) is 36.1 Å². The zero-order valence-electron chi connectivity index (χ0n) is 13.5. The number of aryl methyl sites for hydroxylation is 1. The molecule has 2 rings (SSSR count). The summed E-state index contributed by atoms with van der Waals surface area (Å²) in [6.07, 6.45) is 1.98. The van der Waals surface area contributed by atoms with Crippen LogP contribution in [0.3, 0.4) is 0 Å². The number of nitrogens with two attached hydrogens (primary N) is 1. The van der Waals surface area contributed by atoms with E-state index in [0.717, 1.165) is 19.4 Å². The van der Waals surface area contributed by atoms with Crippen molar-refractivity contribution in [1.82, 2.24) is 9.80 Å². The molecule has 4 nitrogen and oxygen atoms in total. The molecule has 1 amide bonds. The first kappa shape index (κ1) is 16.0. The maximum atomic E-state index is 12.4. The zero-order valence-corrected chi connectivity index (χ0v) is 13.5. The molecular formula is C17H27N3O. The van der Waals surface area contributed by atoms with Crippen LogP contribution in [0.4, 0.5) is 0 Å². The van der Waals surface area contributed by atoms with E-state index in [1.54, 1.807) is 4.90 Å². The number of rotatable bonds is 4. The van der Waals surface area contributed by atoms with Crippen molar-refractivity contribution < 1.29 is 4.79 Å². The fraction of sp³-hybridized carbons (Fsp3) is 0.588. The molecule has 1 saturated heterocycles. The molecule has 3 atom stereocenters. The van der Waals surface area contributed by atoms with Gasteiger partial charge in [-0.1, -0.05) is 29.8 Å². The Bertz CT molecular complexity index is 499. The van der Waals surface area contributed by atoms with Gasteiger partial charge in [0.05, 0.1) is 12.1 Å². The Hall–Kier alpha value is -1.39. The molecule has 3 unspecified atom stereocenters. The van der Waals surface area contributed by atoms with Gasteiger partial charge in [-0.2, -0.15) is 0 Å². The highest BCUT2D eigenvalue weighted by molar-refractivity contribution is 5.81. The van der Waals surface area contributed by atoms with Crippen LogP contribution in [0.15, 0.2) is 24.3 Å². The second kappa shape index (κ2) is 6.58. The topological polar surface area (TPSA) is 49.6 Å². The second-order valence-electron chi connectivity index (χ2n) is 6.35. The molecule has 0 radical (unpaired) electrons. The lowest BCUT2D eigenvalue weighted by Crippen LogP contribution is -2.48. The fourth-order valence-corrected chi connectivity index (χ4v) is 3.34. The second-order valence-corrected chi connectivity index (χ2v) is 6.35. The van der Waals surface area contributed by atoms with E-state index in [4.69, 9.17) is 5.73 Å². The third-order valence-electron chi connectivity index (χ3n) is 4.26. The predicted molar refractivity (Wildman–Crippen MR) is 86.0 cm³/mol. The van der Waals surface area contributed by atoms with Gasteiger partial charge in [0, 0.05) is 20.1 Å². The van der Waals surface area contributed by atoms with Crippen LogP contribution in [-0.4, -0.2) is 48.4 Å². The molecule has 1 aliphatic heterocycles. The average molecular weight is 289 g/mol. The van der Waals surface area contributed by atoms with Gasteiger partial charge in [0.1, 0.15) is 0 Å². The molecular weight excluding hydrogens is 262 g/mol. The standard InChI is InChI=1S/C17H27N3O/c1-12-7-5-8-14(11-12)16(13(2)18)20-10-6-9-15(20)17(21)19(3)4/h5,7-8,11,13,15-16H,6,9-10,18H2,1-4H3. The molecule has 1 aromatic carbocycles. The molecule has 1 aromatic rings. The van der Waals surface area contributed by atoms with Crippen LogP contribution >= 0.6 is 0 Å². The van der Waals surface area contributed by atoms with Gasteiger partial charge in [-0.25, -0.2) is 0 Å². The molecule has 0 bridgehead atoms. The number of carbonyl (C=O) groups excluding carboxylic acids is 1. The summed E-state index contributed by atoms with van der Waals surface area (Å²) in [6, 6.07) is 8.51. The highest BCUT2D eigenvalue weighted by Gasteiger charge is 2.38. The normalized spacial score (nSPS) is 22.0. The van der Waals surface area contributed by atoms with E-state index < -0.39 is 0 Å². The predicted octanol–water partition coefficient (Wildman–Crippen LogP) is 1.94. The largest absolute Gasteiger partial charge is 0.347 e. The number of likely N-dealkylation sites (tertiary alicyclic amines) is 1. The SMILES string of the molecule is Cc1cccc(C(C(C)N)N2CCCC2C(=O)N(C)C)c1. The summed E-state index contributed by atoms with van der Waals surface area (Å²) in [5, 5.41) is 0.